The summed E-state index contributed by atoms with van der Waals surface area (Å²) in [5.41, 5.74) is 0. The van der Waals surface area contributed by atoms with Crippen molar-refractivity contribution in [2.75, 3.05) is 22.2 Å². The van der Waals surface area contributed by atoms with Gasteiger partial charge >= 0.3 is 113 Å². The summed E-state index contributed by atoms with van der Waals surface area (Å²) in [5, 5.41) is 0. The summed E-state index contributed by atoms with van der Waals surface area (Å²) in [7, 11) is 12.8. The predicted molar refractivity (Wildman–Crippen MR) is 69.1 cm³/mol. The number of halogens is 2. The van der Waals surface area contributed by atoms with Gasteiger partial charge in [-0.1, -0.05) is 0 Å². The summed E-state index contributed by atoms with van der Waals surface area (Å²) in [6.45, 7) is 1.54. The van der Waals surface area contributed by atoms with E-state index in [1.165, 1.54) is 0 Å². The van der Waals surface area contributed by atoms with Crippen molar-refractivity contribution in [1.82, 2.24) is 9.80 Å². The van der Waals surface area contributed by atoms with Gasteiger partial charge in [-0.25, -0.2) is 0 Å². The second-order valence-corrected chi connectivity index (χ2v) is 22.4. The molecule has 0 bridgehead atoms. The summed E-state index contributed by atoms with van der Waals surface area (Å²) >= 11 is -3.33. The minimum atomic E-state index is -3.33. The number of rotatable bonds is 4. The molecule has 4 nitrogen and oxygen atoms in total. The molecule has 96 valence electrons. The Kier molecular flexibility index (Phi) is 4.47. The first-order valence-corrected chi connectivity index (χ1v) is 17.2. The molecule has 0 aromatic rings. The van der Waals surface area contributed by atoms with Crippen molar-refractivity contribution in [2.24, 2.45) is 0 Å². The first-order valence-electron chi connectivity index (χ1n) is 5.91. The molecule has 0 aromatic heterocycles. The first kappa shape index (κ1) is 13.7. The van der Waals surface area contributed by atoms with Gasteiger partial charge in [-0.05, 0) is 0 Å². The van der Waals surface area contributed by atoms with E-state index in [-0.39, 0.29) is 11.8 Å². The SMILES string of the molecule is O=C1CCCN1[CH2][Sn]([Cl])([Cl])[CH2]N1CCCC1=O. The Morgan fingerprint density at radius 2 is 1.35 bits per heavy atom. The quantitative estimate of drug-likeness (QED) is 0.683. The van der Waals surface area contributed by atoms with Crippen molar-refractivity contribution in [1.29, 1.82) is 0 Å². The third-order valence-electron chi connectivity index (χ3n) is 3.19. The summed E-state index contributed by atoms with van der Waals surface area (Å²) in [6.07, 6.45) is 3.02. The number of likely N-dealkylation sites (tertiary alicyclic amines) is 2. The van der Waals surface area contributed by atoms with Crippen LogP contribution >= 0.6 is 17.8 Å². The fourth-order valence-electron chi connectivity index (χ4n) is 2.35. The molecular weight excluding hydrogens is 370 g/mol. The third-order valence-corrected chi connectivity index (χ3v) is 11.2. The molecule has 2 heterocycles. The number of carbonyl (C=O) groups is 2. The molecule has 0 N–H and O–H groups in total. The summed E-state index contributed by atoms with van der Waals surface area (Å²) in [4.78, 5) is 26.6. The van der Waals surface area contributed by atoms with Crippen LogP contribution in [-0.2, 0) is 9.59 Å². The Hall–Kier alpha value is 0.319. The van der Waals surface area contributed by atoms with Gasteiger partial charge in [0.05, 0.1) is 0 Å². The van der Waals surface area contributed by atoms with E-state index >= 15 is 0 Å². The van der Waals surface area contributed by atoms with Gasteiger partial charge in [-0.15, -0.1) is 0 Å². The zero-order chi connectivity index (χ0) is 12.5. The molecular formula is C10H16Cl2N2O2Sn. The van der Waals surface area contributed by atoms with Gasteiger partial charge < -0.3 is 0 Å². The third kappa shape index (κ3) is 3.64. The van der Waals surface area contributed by atoms with Crippen molar-refractivity contribution < 1.29 is 9.59 Å². The van der Waals surface area contributed by atoms with E-state index in [1.54, 1.807) is 9.80 Å². The molecule has 0 unspecified atom stereocenters. The summed E-state index contributed by atoms with van der Waals surface area (Å²) in [6, 6.07) is 0. The van der Waals surface area contributed by atoms with Gasteiger partial charge in [0.1, 0.15) is 0 Å². The van der Waals surface area contributed by atoms with Crippen molar-refractivity contribution in [3.63, 3.8) is 0 Å². The summed E-state index contributed by atoms with van der Waals surface area (Å²) < 4.78 is 1.03. The van der Waals surface area contributed by atoms with Crippen LogP contribution < -0.4 is 0 Å². The van der Waals surface area contributed by atoms with Crippen molar-refractivity contribution in [3.8, 4) is 0 Å². The van der Waals surface area contributed by atoms with Crippen LogP contribution in [0.5, 0.6) is 0 Å². The summed E-state index contributed by atoms with van der Waals surface area (Å²) in [5.74, 6) is 0.306. The maximum atomic E-state index is 11.5. The van der Waals surface area contributed by atoms with Gasteiger partial charge in [0.2, 0.25) is 0 Å². The number of nitrogens with zero attached hydrogens (tertiary/aromatic N) is 2. The average Bonchev–Trinajstić information content (AvgIpc) is 2.78. The molecule has 0 aliphatic carbocycles. The molecule has 0 atom stereocenters. The van der Waals surface area contributed by atoms with Crippen molar-refractivity contribution >= 4 is 45.8 Å². The molecule has 2 aliphatic rings. The van der Waals surface area contributed by atoms with Crippen LogP contribution in [0.3, 0.4) is 0 Å². The molecule has 2 amide bonds. The van der Waals surface area contributed by atoms with E-state index < -0.39 is 16.1 Å². The van der Waals surface area contributed by atoms with Crippen LogP contribution in [0.15, 0.2) is 0 Å². The first-order chi connectivity index (χ1) is 7.98. The Morgan fingerprint density at radius 1 is 0.941 bits per heavy atom. The standard InChI is InChI=1S/2C5H8NO.2ClH.Sn/c2*1-6-4-2-3-5(6)7;;;/h2*1-4H2;2*1H;/q;;;;+2/p-2. The number of hydrogen-bond acceptors (Lipinski definition) is 2. The van der Waals surface area contributed by atoms with Crippen molar-refractivity contribution in [2.45, 2.75) is 25.7 Å². The van der Waals surface area contributed by atoms with Crippen LogP contribution in [0.1, 0.15) is 25.7 Å². The van der Waals surface area contributed by atoms with E-state index in [1.807, 2.05) is 0 Å². The molecule has 0 radical (unpaired) electrons. The Morgan fingerprint density at radius 3 is 1.65 bits per heavy atom. The number of amides is 2. The molecule has 2 aliphatic heterocycles. The van der Waals surface area contributed by atoms with Gasteiger partial charge in [-0.2, -0.15) is 0 Å². The van der Waals surface area contributed by atoms with Gasteiger partial charge in [0.15, 0.2) is 0 Å². The van der Waals surface area contributed by atoms with Gasteiger partial charge in [0, 0.05) is 0 Å². The number of carbonyl (C=O) groups excluding carboxylic acids is 2. The zero-order valence-electron chi connectivity index (χ0n) is 9.62. The molecule has 2 fully saturated rings. The fourth-order valence-corrected chi connectivity index (χ4v) is 11.6. The van der Waals surface area contributed by atoms with E-state index in [9.17, 15) is 9.59 Å². The van der Waals surface area contributed by atoms with Gasteiger partial charge in [0.25, 0.3) is 0 Å². The second kappa shape index (κ2) is 5.53. The monoisotopic (exact) mass is 386 g/mol. The van der Waals surface area contributed by atoms with E-state index in [4.69, 9.17) is 17.8 Å². The molecule has 7 heteroatoms. The maximum absolute atomic E-state index is 11.5. The topological polar surface area (TPSA) is 40.6 Å². The normalized spacial score (nSPS) is 21.8. The van der Waals surface area contributed by atoms with Crippen LogP contribution in [0.2, 0.25) is 0 Å². The Labute approximate surface area is 113 Å². The second-order valence-electron chi connectivity index (χ2n) is 4.69. The zero-order valence-corrected chi connectivity index (χ0v) is 14.0. The van der Waals surface area contributed by atoms with Crippen molar-refractivity contribution in [3.05, 3.63) is 0 Å². The van der Waals surface area contributed by atoms with Crippen LogP contribution in [0, 0.1) is 0 Å². The molecule has 0 aromatic carbocycles. The van der Waals surface area contributed by atoms with E-state index in [2.05, 4.69) is 0 Å². The van der Waals surface area contributed by atoms with Crippen LogP contribution in [-0.4, -0.2) is 59.9 Å². The molecule has 0 saturated carbocycles. The Bertz CT molecular complexity index is 308. The van der Waals surface area contributed by atoms with Crippen LogP contribution in [0.25, 0.3) is 0 Å². The minimum absolute atomic E-state index is 0.153. The fraction of sp³-hybridized carbons (Fsp3) is 0.800. The van der Waals surface area contributed by atoms with E-state index in [0.717, 1.165) is 25.9 Å². The average molecular weight is 386 g/mol. The molecule has 0 spiro atoms. The Balaban J connectivity index is 1.89. The van der Waals surface area contributed by atoms with E-state index in [0.29, 0.717) is 22.0 Å². The molecule has 17 heavy (non-hydrogen) atoms. The molecule has 2 rings (SSSR count). The van der Waals surface area contributed by atoms with Gasteiger partial charge in [-0.3, -0.25) is 0 Å². The number of hydrogen-bond donors (Lipinski definition) is 0. The molecule has 2 saturated heterocycles. The predicted octanol–water partition coefficient (Wildman–Crippen LogP) is 1.23. The van der Waals surface area contributed by atoms with Crippen LogP contribution in [0.4, 0.5) is 0 Å².